The van der Waals surface area contributed by atoms with E-state index < -0.39 is 0 Å². The van der Waals surface area contributed by atoms with Crippen LogP contribution in [0.4, 0.5) is 4.39 Å². The molecule has 1 atom stereocenters. The normalized spacial score (nSPS) is 12.1. The lowest BCUT2D eigenvalue weighted by atomic mass is 10.0. The third-order valence-electron chi connectivity index (χ3n) is 4.49. The quantitative estimate of drug-likeness (QED) is 0.632. The molecule has 2 nitrogen and oxygen atoms in total. The molecule has 134 valence electrons. The highest BCUT2D eigenvalue weighted by Crippen LogP contribution is 2.20. The summed E-state index contributed by atoms with van der Waals surface area (Å²) >= 11 is 0. The van der Waals surface area contributed by atoms with E-state index in [-0.39, 0.29) is 18.5 Å². The molecule has 3 heteroatoms. The van der Waals surface area contributed by atoms with Gasteiger partial charge in [0, 0.05) is 12.1 Å². The molecule has 3 rings (SSSR count). The second-order valence-corrected chi connectivity index (χ2v) is 6.36. The van der Waals surface area contributed by atoms with Crippen LogP contribution in [0.2, 0.25) is 0 Å². The van der Waals surface area contributed by atoms with E-state index in [0.29, 0.717) is 12.1 Å². The fourth-order valence-corrected chi connectivity index (χ4v) is 2.96. The third kappa shape index (κ3) is 5.01. The summed E-state index contributed by atoms with van der Waals surface area (Å²) in [6.07, 6.45) is 1.49. The highest BCUT2D eigenvalue weighted by atomic mass is 19.1. The van der Waals surface area contributed by atoms with Crippen LogP contribution in [0.3, 0.4) is 0 Å². The second kappa shape index (κ2) is 9.27. The van der Waals surface area contributed by atoms with E-state index in [1.54, 1.807) is 6.07 Å². The summed E-state index contributed by atoms with van der Waals surface area (Å²) < 4.78 is 20.3. The number of hydrogen-bond donors (Lipinski definition) is 1. The zero-order valence-electron chi connectivity index (χ0n) is 14.8. The Labute approximate surface area is 154 Å². The molecule has 3 aromatic carbocycles. The van der Waals surface area contributed by atoms with Crippen molar-refractivity contribution in [3.63, 3.8) is 0 Å². The van der Waals surface area contributed by atoms with Crippen molar-refractivity contribution < 1.29 is 9.13 Å². The molecule has 0 saturated carbocycles. The Morgan fingerprint density at radius 1 is 0.808 bits per heavy atom. The highest BCUT2D eigenvalue weighted by Gasteiger charge is 2.12. The molecule has 0 aliphatic carbocycles. The number of nitrogens with two attached hydrogens (primary N) is 1. The molecule has 2 N–H and O–H groups in total. The number of halogens is 1. The zero-order chi connectivity index (χ0) is 18.2. The molecule has 0 saturated heterocycles. The molecule has 0 fully saturated rings. The summed E-state index contributed by atoms with van der Waals surface area (Å²) in [6, 6.07) is 25.4. The van der Waals surface area contributed by atoms with E-state index in [4.69, 9.17) is 10.5 Å². The third-order valence-corrected chi connectivity index (χ3v) is 4.49. The minimum absolute atomic E-state index is 0.210. The maximum absolute atomic E-state index is 14.4. The van der Waals surface area contributed by atoms with Crippen molar-refractivity contribution in [1.29, 1.82) is 0 Å². The fourth-order valence-electron chi connectivity index (χ4n) is 2.96. The minimum atomic E-state index is -0.228. The predicted octanol–water partition coefficient (Wildman–Crippen LogP) is 4.83. The first kappa shape index (κ1) is 18.3. The van der Waals surface area contributed by atoms with Gasteiger partial charge in [0.15, 0.2) is 0 Å². The van der Waals surface area contributed by atoms with Crippen molar-refractivity contribution in [2.24, 2.45) is 5.73 Å². The lowest BCUT2D eigenvalue weighted by molar-refractivity contribution is 0.0440. The fraction of sp³-hybridized carbons (Fsp3) is 0.217. The van der Waals surface area contributed by atoms with Gasteiger partial charge >= 0.3 is 0 Å². The van der Waals surface area contributed by atoms with Gasteiger partial charge in [-0.15, -0.1) is 0 Å². The van der Waals surface area contributed by atoms with Crippen LogP contribution in [0.5, 0.6) is 0 Å². The number of rotatable bonds is 8. The highest BCUT2D eigenvalue weighted by molar-refractivity contribution is 5.26. The Morgan fingerprint density at radius 3 is 2.12 bits per heavy atom. The lowest BCUT2D eigenvalue weighted by Crippen LogP contribution is -2.16. The first-order valence-electron chi connectivity index (χ1n) is 8.94. The maximum Gasteiger partial charge on any atom is 0.128 e. The van der Waals surface area contributed by atoms with Gasteiger partial charge in [-0.25, -0.2) is 4.39 Å². The predicted molar refractivity (Wildman–Crippen MR) is 103 cm³/mol. The van der Waals surface area contributed by atoms with E-state index in [1.165, 1.54) is 5.56 Å². The number of ether oxygens (including phenoxy) is 1. The standard InChI is InChI=1S/C23H24FNO/c24-22-15-19(12-11-18-7-3-1-4-8-18)13-14-21(22)17-26-23(16-25)20-9-5-2-6-10-20/h1-10,13-15,23H,11-12,16-17,25H2/t23-/m0/s1. The van der Waals surface area contributed by atoms with Crippen LogP contribution in [-0.4, -0.2) is 6.54 Å². The van der Waals surface area contributed by atoms with Crippen molar-refractivity contribution in [1.82, 2.24) is 0 Å². The molecule has 0 spiro atoms. The lowest BCUT2D eigenvalue weighted by Gasteiger charge is -2.17. The van der Waals surface area contributed by atoms with Gasteiger partial charge in [0.05, 0.1) is 12.7 Å². The largest absolute Gasteiger partial charge is 0.367 e. The van der Waals surface area contributed by atoms with Gasteiger partial charge in [0.2, 0.25) is 0 Å². The molecule has 0 aromatic heterocycles. The summed E-state index contributed by atoms with van der Waals surface area (Å²) in [5, 5.41) is 0. The molecule has 26 heavy (non-hydrogen) atoms. The van der Waals surface area contributed by atoms with E-state index in [2.05, 4.69) is 12.1 Å². The average molecular weight is 349 g/mol. The maximum atomic E-state index is 14.4. The van der Waals surface area contributed by atoms with Crippen molar-refractivity contribution in [2.45, 2.75) is 25.6 Å². The Morgan fingerprint density at radius 2 is 1.46 bits per heavy atom. The summed E-state index contributed by atoms with van der Waals surface area (Å²) in [7, 11) is 0. The summed E-state index contributed by atoms with van der Waals surface area (Å²) in [5.41, 5.74) is 9.63. The molecule has 0 aliphatic heterocycles. The molecule has 0 amide bonds. The van der Waals surface area contributed by atoms with Crippen LogP contribution < -0.4 is 5.73 Å². The van der Waals surface area contributed by atoms with Crippen LogP contribution in [-0.2, 0) is 24.2 Å². The number of aryl methyl sites for hydroxylation is 2. The topological polar surface area (TPSA) is 35.2 Å². The van der Waals surface area contributed by atoms with Gasteiger partial charge in [-0.1, -0.05) is 72.8 Å². The van der Waals surface area contributed by atoms with Crippen molar-refractivity contribution >= 4 is 0 Å². The molecule has 0 unspecified atom stereocenters. The first-order chi connectivity index (χ1) is 12.8. The smallest absolute Gasteiger partial charge is 0.128 e. The zero-order valence-corrected chi connectivity index (χ0v) is 14.8. The van der Waals surface area contributed by atoms with E-state index in [0.717, 1.165) is 24.0 Å². The number of hydrogen-bond acceptors (Lipinski definition) is 2. The Bertz CT molecular complexity index is 805. The van der Waals surface area contributed by atoms with Crippen molar-refractivity contribution in [2.75, 3.05) is 6.54 Å². The van der Waals surface area contributed by atoms with Crippen LogP contribution in [0.15, 0.2) is 78.9 Å². The van der Waals surface area contributed by atoms with Gasteiger partial charge < -0.3 is 10.5 Å². The molecule has 0 heterocycles. The molecule has 0 aliphatic rings. The van der Waals surface area contributed by atoms with Gasteiger partial charge in [0.1, 0.15) is 5.82 Å². The Balaban J connectivity index is 1.59. The SMILES string of the molecule is NC[C@H](OCc1ccc(CCc2ccccc2)cc1F)c1ccccc1. The molecule has 0 bridgehead atoms. The monoisotopic (exact) mass is 349 g/mol. The first-order valence-corrected chi connectivity index (χ1v) is 8.94. The van der Waals surface area contributed by atoms with Gasteiger partial charge in [0.25, 0.3) is 0 Å². The Kier molecular flexibility index (Phi) is 6.53. The van der Waals surface area contributed by atoms with Crippen LogP contribution in [0.25, 0.3) is 0 Å². The Hall–Kier alpha value is -2.49. The van der Waals surface area contributed by atoms with Crippen LogP contribution >= 0.6 is 0 Å². The number of benzene rings is 3. The average Bonchev–Trinajstić information content (AvgIpc) is 2.70. The van der Waals surface area contributed by atoms with Crippen LogP contribution in [0.1, 0.15) is 28.4 Å². The van der Waals surface area contributed by atoms with E-state index in [1.807, 2.05) is 60.7 Å². The van der Waals surface area contributed by atoms with Gasteiger partial charge in [-0.2, -0.15) is 0 Å². The van der Waals surface area contributed by atoms with E-state index >= 15 is 0 Å². The molecule has 0 radical (unpaired) electrons. The summed E-state index contributed by atoms with van der Waals surface area (Å²) in [6.45, 7) is 0.572. The van der Waals surface area contributed by atoms with Crippen molar-refractivity contribution in [3.8, 4) is 0 Å². The van der Waals surface area contributed by atoms with Gasteiger partial charge in [-0.3, -0.25) is 0 Å². The molecular weight excluding hydrogens is 325 g/mol. The molecule has 3 aromatic rings. The minimum Gasteiger partial charge on any atom is -0.367 e. The second-order valence-electron chi connectivity index (χ2n) is 6.36. The summed E-state index contributed by atoms with van der Waals surface area (Å²) in [4.78, 5) is 0. The van der Waals surface area contributed by atoms with E-state index in [9.17, 15) is 4.39 Å². The summed E-state index contributed by atoms with van der Waals surface area (Å²) in [5.74, 6) is -0.223. The molecular formula is C23H24FNO. The van der Waals surface area contributed by atoms with Gasteiger partial charge in [-0.05, 0) is 35.6 Å². The van der Waals surface area contributed by atoms with Crippen LogP contribution in [0, 0.1) is 5.82 Å². The van der Waals surface area contributed by atoms with Crippen molar-refractivity contribution in [3.05, 3.63) is 107 Å².